The maximum absolute atomic E-state index is 12.4. The van der Waals surface area contributed by atoms with Crippen molar-refractivity contribution in [2.24, 2.45) is 0 Å². The number of nitrogens with zero attached hydrogens (tertiary/aromatic N) is 2. The zero-order chi connectivity index (χ0) is 19.4. The summed E-state index contributed by atoms with van der Waals surface area (Å²) in [5.74, 6) is 0.782. The molecule has 0 saturated carbocycles. The highest BCUT2D eigenvalue weighted by atomic mass is 32.2. The lowest BCUT2D eigenvalue weighted by Gasteiger charge is -2.36. The van der Waals surface area contributed by atoms with Gasteiger partial charge in [-0.15, -0.1) is 11.8 Å². The molecule has 5 nitrogen and oxygen atoms in total. The van der Waals surface area contributed by atoms with Crippen molar-refractivity contribution in [3.05, 3.63) is 48.2 Å². The van der Waals surface area contributed by atoms with E-state index in [2.05, 4.69) is 42.9 Å². The van der Waals surface area contributed by atoms with E-state index in [4.69, 9.17) is 4.74 Å². The smallest absolute Gasteiger partial charge is 0.255 e. The summed E-state index contributed by atoms with van der Waals surface area (Å²) < 4.78 is 5.76. The van der Waals surface area contributed by atoms with Gasteiger partial charge < -0.3 is 15.0 Å². The molecule has 3 rings (SSSR count). The van der Waals surface area contributed by atoms with E-state index in [0.29, 0.717) is 16.5 Å². The van der Waals surface area contributed by atoms with E-state index in [0.717, 1.165) is 18.9 Å². The Bertz CT molecular complexity index is 752. The van der Waals surface area contributed by atoms with Crippen LogP contribution in [0.1, 0.15) is 38.1 Å². The van der Waals surface area contributed by atoms with Crippen LogP contribution in [-0.2, 0) is 4.74 Å². The first-order valence-corrected chi connectivity index (χ1v) is 10.2. The van der Waals surface area contributed by atoms with Gasteiger partial charge in [0.05, 0.1) is 24.1 Å². The number of anilines is 2. The van der Waals surface area contributed by atoms with Crippen molar-refractivity contribution in [1.82, 2.24) is 4.98 Å². The summed E-state index contributed by atoms with van der Waals surface area (Å²) in [5, 5.41) is 3.43. The van der Waals surface area contributed by atoms with Crippen LogP contribution < -0.4 is 10.2 Å². The fourth-order valence-corrected chi connectivity index (χ4v) is 4.01. The van der Waals surface area contributed by atoms with Crippen molar-refractivity contribution in [3.63, 3.8) is 0 Å². The number of carbonyl (C=O) groups is 1. The third kappa shape index (κ3) is 5.47. The van der Waals surface area contributed by atoms with Crippen molar-refractivity contribution in [2.45, 2.75) is 50.0 Å². The van der Waals surface area contributed by atoms with E-state index in [1.807, 2.05) is 36.4 Å². The molecule has 1 N–H and O–H groups in total. The monoisotopic (exact) mass is 385 g/mol. The summed E-state index contributed by atoms with van der Waals surface area (Å²) in [7, 11) is 0. The summed E-state index contributed by atoms with van der Waals surface area (Å²) >= 11 is 1.78. The highest BCUT2D eigenvalue weighted by Gasteiger charge is 2.23. The van der Waals surface area contributed by atoms with Gasteiger partial charge in [-0.1, -0.05) is 13.8 Å². The van der Waals surface area contributed by atoms with Crippen molar-refractivity contribution in [2.75, 3.05) is 23.3 Å². The predicted octanol–water partition coefficient (Wildman–Crippen LogP) is 4.45. The number of nitrogens with one attached hydrogen (secondary N) is 1. The lowest BCUT2D eigenvalue weighted by atomic mass is 10.2. The summed E-state index contributed by atoms with van der Waals surface area (Å²) in [6.07, 6.45) is 2.08. The number of amides is 1. The quantitative estimate of drug-likeness (QED) is 0.771. The molecule has 0 radical (unpaired) electrons. The molecule has 0 aliphatic carbocycles. The molecular formula is C21H27N3O2S. The van der Waals surface area contributed by atoms with E-state index in [1.165, 1.54) is 4.90 Å². The Morgan fingerprint density at radius 1 is 1.15 bits per heavy atom. The van der Waals surface area contributed by atoms with Crippen LogP contribution in [0.25, 0.3) is 0 Å². The van der Waals surface area contributed by atoms with Gasteiger partial charge in [0.1, 0.15) is 5.82 Å². The number of rotatable bonds is 5. The third-order valence-electron chi connectivity index (χ3n) is 4.24. The van der Waals surface area contributed by atoms with Crippen LogP contribution in [0, 0.1) is 0 Å². The predicted molar refractivity (Wildman–Crippen MR) is 112 cm³/mol. The molecule has 2 unspecified atom stereocenters. The van der Waals surface area contributed by atoms with Gasteiger partial charge in [0.25, 0.3) is 5.91 Å². The summed E-state index contributed by atoms with van der Waals surface area (Å²) in [5.41, 5.74) is 1.33. The van der Waals surface area contributed by atoms with E-state index in [-0.39, 0.29) is 18.1 Å². The van der Waals surface area contributed by atoms with Gasteiger partial charge >= 0.3 is 0 Å². The van der Waals surface area contributed by atoms with Gasteiger partial charge in [-0.3, -0.25) is 4.79 Å². The Labute approximate surface area is 165 Å². The molecular weight excluding hydrogens is 358 g/mol. The zero-order valence-electron chi connectivity index (χ0n) is 16.3. The van der Waals surface area contributed by atoms with Gasteiger partial charge in [-0.05, 0) is 50.2 Å². The molecule has 2 heterocycles. The highest BCUT2D eigenvalue weighted by Crippen LogP contribution is 2.23. The van der Waals surface area contributed by atoms with Crippen LogP contribution in [0.15, 0.2) is 47.5 Å². The standard InChI is InChI=1S/C21H27N3O2S/c1-14(2)27-19-8-5-17(6-9-19)21(25)23-18-7-10-20(22-11-18)24-12-15(3)26-16(4)13-24/h5-11,14-16H,12-13H2,1-4H3,(H,23,25). The Kier molecular flexibility index (Phi) is 6.39. The number of benzene rings is 1. The molecule has 0 bridgehead atoms. The normalized spacial score (nSPS) is 20.0. The first-order valence-electron chi connectivity index (χ1n) is 9.35. The number of hydrogen-bond acceptors (Lipinski definition) is 5. The molecule has 1 amide bonds. The fourth-order valence-electron chi connectivity index (χ4n) is 3.17. The molecule has 0 spiro atoms. The first kappa shape index (κ1) is 19.7. The molecule has 2 atom stereocenters. The molecule has 1 aliphatic rings. The largest absolute Gasteiger partial charge is 0.372 e. The molecule has 1 aromatic carbocycles. The minimum Gasteiger partial charge on any atom is -0.372 e. The van der Waals surface area contributed by atoms with Crippen LogP contribution in [0.4, 0.5) is 11.5 Å². The average Bonchev–Trinajstić information content (AvgIpc) is 2.61. The summed E-state index contributed by atoms with van der Waals surface area (Å²) in [4.78, 5) is 20.4. The van der Waals surface area contributed by atoms with Crippen LogP contribution in [0.2, 0.25) is 0 Å². The number of morpholine rings is 1. The molecule has 27 heavy (non-hydrogen) atoms. The Morgan fingerprint density at radius 3 is 2.37 bits per heavy atom. The van der Waals surface area contributed by atoms with Gasteiger partial charge in [-0.2, -0.15) is 0 Å². The molecule has 1 fully saturated rings. The van der Waals surface area contributed by atoms with Crippen molar-refractivity contribution in [3.8, 4) is 0 Å². The fraction of sp³-hybridized carbons (Fsp3) is 0.429. The second-order valence-electron chi connectivity index (χ2n) is 7.21. The van der Waals surface area contributed by atoms with E-state index in [9.17, 15) is 4.79 Å². The number of aromatic nitrogens is 1. The van der Waals surface area contributed by atoms with Gasteiger partial charge in [0.15, 0.2) is 0 Å². The minimum absolute atomic E-state index is 0.126. The van der Waals surface area contributed by atoms with E-state index >= 15 is 0 Å². The topological polar surface area (TPSA) is 54.5 Å². The number of hydrogen-bond donors (Lipinski definition) is 1. The number of carbonyl (C=O) groups excluding carboxylic acids is 1. The maximum atomic E-state index is 12.4. The molecule has 6 heteroatoms. The second kappa shape index (κ2) is 8.76. The molecule has 1 aliphatic heterocycles. The van der Waals surface area contributed by atoms with Crippen LogP contribution in [-0.4, -0.2) is 41.4 Å². The summed E-state index contributed by atoms with van der Waals surface area (Å²) in [6.45, 7) is 10.1. The molecule has 1 aromatic heterocycles. The Morgan fingerprint density at radius 2 is 1.81 bits per heavy atom. The van der Waals surface area contributed by atoms with Crippen molar-refractivity contribution < 1.29 is 9.53 Å². The third-order valence-corrected chi connectivity index (χ3v) is 5.25. The SMILES string of the molecule is CC1CN(c2ccc(NC(=O)c3ccc(SC(C)C)cc3)cn2)CC(C)O1. The Hall–Kier alpha value is -2.05. The van der Waals surface area contributed by atoms with E-state index in [1.54, 1.807) is 18.0 Å². The number of ether oxygens (including phenoxy) is 1. The van der Waals surface area contributed by atoms with Crippen molar-refractivity contribution >= 4 is 29.2 Å². The molecule has 144 valence electrons. The lowest BCUT2D eigenvalue weighted by Crippen LogP contribution is -2.45. The first-order chi connectivity index (χ1) is 12.9. The lowest BCUT2D eigenvalue weighted by molar-refractivity contribution is -0.00545. The zero-order valence-corrected chi connectivity index (χ0v) is 17.1. The highest BCUT2D eigenvalue weighted by molar-refractivity contribution is 7.99. The second-order valence-corrected chi connectivity index (χ2v) is 8.86. The van der Waals surface area contributed by atoms with Gasteiger partial charge in [0, 0.05) is 28.8 Å². The van der Waals surface area contributed by atoms with Crippen LogP contribution >= 0.6 is 11.8 Å². The van der Waals surface area contributed by atoms with Crippen LogP contribution in [0.5, 0.6) is 0 Å². The van der Waals surface area contributed by atoms with Gasteiger partial charge in [-0.25, -0.2) is 4.98 Å². The van der Waals surface area contributed by atoms with Crippen molar-refractivity contribution in [1.29, 1.82) is 0 Å². The van der Waals surface area contributed by atoms with Gasteiger partial charge in [0.2, 0.25) is 0 Å². The van der Waals surface area contributed by atoms with E-state index < -0.39 is 0 Å². The Balaban J connectivity index is 1.61. The summed E-state index contributed by atoms with van der Waals surface area (Å²) in [6, 6.07) is 11.5. The number of thioether (sulfide) groups is 1. The average molecular weight is 386 g/mol. The maximum Gasteiger partial charge on any atom is 0.255 e. The molecule has 1 saturated heterocycles. The number of pyridine rings is 1. The van der Waals surface area contributed by atoms with Crippen LogP contribution in [0.3, 0.4) is 0 Å². The minimum atomic E-state index is -0.126. The molecule has 2 aromatic rings.